The van der Waals surface area contributed by atoms with Crippen molar-refractivity contribution in [3.05, 3.63) is 29.8 Å². The molecule has 1 aliphatic rings. The Hall–Kier alpha value is -1.19. The molecule has 1 aliphatic carbocycles. The third-order valence-electron chi connectivity index (χ3n) is 2.82. The molecular weight excluding hydrogens is 215 g/mol. The average Bonchev–Trinajstić information content (AvgIpc) is 2.85. The van der Waals surface area contributed by atoms with E-state index in [4.69, 9.17) is 0 Å². The third-order valence-corrected chi connectivity index (χ3v) is 2.82. The summed E-state index contributed by atoms with van der Waals surface area (Å²) in [6.07, 6.45) is 0.347. The lowest BCUT2D eigenvalue weighted by atomic mass is 10.1. The van der Waals surface area contributed by atoms with Crippen LogP contribution in [-0.2, 0) is 6.42 Å². The van der Waals surface area contributed by atoms with Crippen LogP contribution >= 0.6 is 0 Å². The number of aryl methyl sites for hydroxylation is 1. The zero-order valence-electron chi connectivity index (χ0n) is 8.85. The van der Waals surface area contributed by atoms with Gasteiger partial charge in [0.2, 0.25) is 0 Å². The van der Waals surface area contributed by atoms with E-state index in [9.17, 15) is 13.2 Å². The Morgan fingerprint density at radius 1 is 1.38 bits per heavy atom. The van der Waals surface area contributed by atoms with Gasteiger partial charge in [0.05, 0.1) is 6.67 Å². The number of hydrogen-bond donors (Lipinski definition) is 1. The summed E-state index contributed by atoms with van der Waals surface area (Å²) in [5.74, 6) is -3.03. The van der Waals surface area contributed by atoms with Gasteiger partial charge in [-0.15, -0.1) is 0 Å². The molecule has 2 rings (SSSR count). The van der Waals surface area contributed by atoms with Crippen molar-refractivity contribution in [1.29, 1.82) is 0 Å². The van der Waals surface area contributed by atoms with E-state index in [0.717, 1.165) is 11.3 Å². The molecule has 0 radical (unpaired) electrons. The highest BCUT2D eigenvalue weighted by atomic mass is 19.3. The molecule has 1 N–H and O–H groups in total. The van der Waals surface area contributed by atoms with E-state index < -0.39 is 18.5 Å². The second-order valence-corrected chi connectivity index (χ2v) is 4.18. The second-order valence-electron chi connectivity index (χ2n) is 4.18. The topological polar surface area (TPSA) is 12.0 Å². The number of rotatable bonds is 5. The van der Waals surface area contributed by atoms with Crippen molar-refractivity contribution in [1.82, 2.24) is 0 Å². The number of hydrogen-bond acceptors (Lipinski definition) is 1. The molecule has 0 spiro atoms. The van der Waals surface area contributed by atoms with E-state index in [1.165, 1.54) is 0 Å². The van der Waals surface area contributed by atoms with E-state index in [-0.39, 0.29) is 13.0 Å². The molecule has 1 nitrogen and oxygen atoms in total. The van der Waals surface area contributed by atoms with Crippen LogP contribution in [0.3, 0.4) is 0 Å². The molecule has 0 aliphatic heterocycles. The van der Waals surface area contributed by atoms with Crippen LogP contribution in [0.15, 0.2) is 24.3 Å². The SMILES string of the molecule is FCCc1cccc(NCC2CC2(F)F)c1. The number of benzene rings is 1. The van der Waals surface area contributed by atoms with Crippen molar-refractivity contribution >= 4 is 5.69 Å². The molecule has 1 atom stereocenters. The van der Waals surface area contributed by atoms with Gasteiger partial charge in [-0.1, -0.05) is 12.1 Å². The van der Waals surface area contributed by atoms with Gasteiger partial charge in [0, 0.05) is 31.0 Å². The molecule has 0 bridgehead atoms. The predicted molar refractivity (Wildman–Crippen MR) is 57.7 cm³/mol. The molecule has 88 valence electrons. The molecule has 0 saturated heterocycles. The zero-order chi connectivity index (χ0) is 11.6. The molecule has 1 aromatic carbocycles. The van der Waals surface area contributed by atoms with Crippen molar-refractivity contribution in [2.24, 2.45) is 5.92 Å². The van der Waals surface area contributed by atoms with Gasteiger partial charge in [0.15, 0.2) is 0 Å². The first-order valence-electron chi connectivity index (χ1n) is 5.38. The Bertz CT molecular complexity index is 365. The highest BCUT2D eigenvalue weighted by Crippen LogP contribution is 2.48. The van der Waals surface area contributed by atoms with Gasteiger partial charge in [-0.05, 0) is 17.7 Å². The molecule has 0 heterocycles. The lowest BCUT2D eigenvalue weighted by Crippen LogP contribution is -2.08. The Morgan fingerprint density at radius 3 is 2.75 bits per heavy atom. The molecule has 1 unspecified atom stereocenters. The molecule has 4 heteroatoms. The van der Waals surface area contributed by atoms with Crippen LogP contribution in [0.1, 0.15) is 12.0 Å². The maximum atomic E-state index is 12.6. The molecular formula is C12H14F3N. The number of nitrogens with one attached hydrogen (secondary N) is 1. The van der Waals surface area contributed by atoms with Gasteiger partial charge >= 0.3 is 0 Å². The van der Waals surface area contributed by atoms with Crippen molar-refractivity contribution in [2.75, 3.05) is 18.5 Å². The monoisotopic (exact) mass is 229 g/mol. The Balaban J connectivity index is 1.87. The first kappa shape index (κ1) is 11.3. The molecule has 16 heavy (non-hydrogen) atoms. The minimum atomic E-state index is -2.48. The summed E-state index contributed by atoms with van der Waals surface area (Å²) >= 11 is 0. The Labute approximate surface area is 92.7 Å². The maximum absolute atomic E-state index is 12.6. The first-order chi connectivity index (χ1) is 7.62. The summed E-state index contributed by atoms with van der Waals surface area (Å²) in [6.45, 7) is -0.115. The fourth-order valence-electron chi connectivity index (χ4n) is 1.68. The quantitative estimate of drug-likeness (QED) is 0.817. The van der Waals surface area contributed by atoms with Crippen LogP contribution in [0.4, 0.5) is 18.9 Å². The van der Waals surface area contributed by atoms with E-state index in [2.05, 4.69) is 5.32 Å². The van der Waals surface area contributed by atoms with Crippen molar-refractivity contribution in [3.8, 4) is 0 Å². The smallest absolute Gasteiger partial charge is 0.253 e. The molecule has 1 fully saturated rings. The lowest BCUT2D eigenvalue weighted by molar-refractivity contribution is 0.101. The van der Waals surface area contributed by atoms with Gasteiger partial charge in [-0.2, -0.15) is 0 Å². The number of alkyl halides is 3. The van der Waals surface area contributed by atoms with Gasteiger partial charge in [0.25, 0.3) is 5.92 Å². The van der Waals surface area contributed by atoms with Crippen LogP contribution in [0, 0.1) is 5.92 Å². The fourth-order valence-corrected chi connectivity index (χ4v) is 1.68. The summed E-state index contributed by atoms with van der Waals surface area (Å²) in [7, 11) is 0. The standard InChI is InChI=1S/C12H14F3N/c13-5-4-9-2-1-3-11(6-9)16-8-10-7-12(10,14)15/h1-3,6,10,16H,4-5,7-8H2. The number of halogens is 3. The van der Waals surface area contributed by atoms with Crippen molar-refractivity contribution in [3.63, 3.8) is 0 Å². The van der Waals surface area contributed by atoms with E-state index >= 15 is 0 Å². The first-order valence-corrected chi connectivity index (χ1v) is 5.38. The Morgan fingerprint density at radius 2 is 2.12 bits per heavy atom. The second kappa shape index (κ2) is 4.36. The molecule has 1 aromatic rings. The summed E-state index contributed by atoms with van der Waals surface area (Å²) in [5, 5.41) is 2.96. The largest absolute Gasteiger partial charge is 0.385 e. The van der Waals surface area contributed by atoms with Crippen LogP contribution in [0.25, 0.3) is 0 Å². The third kappa shape index (κ3) is 2.68. The van der Waals surface area contributed by atoms with Gasteiger partial charge in [-0.25, -0.2) is 8.78 Å². The van der Waals surface area contributed by atoms with E-state index in [0.29, 0.717) is 6.42 Å². The summed E-state index contributed by atoms with van der Waals surface area (Å²) in [5.41, 5.74) is 1.67. The van der Waals surface area contributed by atoms with Gasteiger partial charge in [0.1, 0.15) is 0 Å². The van der Waals surface area contributed by atoms with Crippen LogP contribution < -0.4 is 5.32 Å². The maximum Gasteiger partial charge on any atom is 0.253 e. The Kier molecular flexibility index (Phi) is 3.08. The van der Waals surface area contributed by atoms with E-state index in [1.807, 2.05) is 12.1 Å². The minimum Gasteiger partial charge on any atom is -0.385 e. The molecule has 0 aromatic heterocycles. The average molecular weight is 229 g/mol. The lowest BCUT2D eigenvalue weighted by Gasteiger charge is -2.07. The highest BCUT2D eigenvalue weighted by Gasteiger charge is 2.56. The number of anilines is 1. The molecule has 0 amide bonds. The normalized spacial score (nSPS) is 21.8. The van der Waals surface area contributed by atoms with Crippen LogP contribution in [-0.4, -0.2) is 19.1 Å². The van der Waals surface area contributed by atoms with Crippen LogP contribution in [0.5, 0.6) is 0 Å². The summed E-state index contributed by atoms with van der Waals surface area (Å²) < 4.78 is 37.3. The predicted octanol–water partition coefficient (Wildman–Crippen LogP) is 3.27. The fraction of sp³-hybridized carbons (Fsp3) is 0.500. The summed E-state index contributed by atoms with van der Waals surface area (Å²) in [4.78, 5) is 0. The van der Waals surface area contributed by atoms with Crippen molar-refractivity contribution < 1.29 is 13.2 Å². The van der Waals surface area contributed by atoms with Crippen LogP contribution in [0.2, 0.25) is 0 Å². The zero-order valence-corrected chi connectivity index (χ0v) is 8.85. The minimum absolute atomic E-state index is 0.0236. The highest BCUT2D eigenvalue weighted by molar-refractivity contribution is 5.46. The van der Waals surface area contributed by atoms with E-state index in [1.54, 1.807) is 12.1 Å². The molecule has 1 saturated carbocycles. The van der Waals surface area contributed by atoms with Gasteiger partial charge in [-0.3, -0.25) is 4.39 Å². The van der Waals surface area contributed by atoms with Crippen molar-refractivity contribution in [2.45, 2.75) is 18.8 Å². The van der Waals surface area contributed by atoms with Gasteiger partial charge < -0.3 is 5.32 Å². The summed E-state index contributed by atoms with van der Waals surface area (Å²) in [6, 6.07) is 7.25.